The first-order valence-corrected chi connectivity index (χ1v) is 27.4. The first kappa shape index (κ1) is 45.7. The molecule has 0 amide bonds. The summed E-state index contributed by atoms with van der Waals surface area (Å²) in [4.78, 5) is 0. The smallest absolute Gasteiger partial charge is 0.0713 e. The van der Waals surface area contributed by atoms with Crippen molar-refractivity contribution in [2.75, 3.05) is 0 Å². The first-order valence-electron chi connectivity index (χ1n) is 26.6. The minimum Gasteiger partial charge on any atom is -0.135 e. The van der Waals surface area contributed by atoms with Gasteiger partial charge >= 0.3 is 0 Å². The fraction of sp³-hybridized carbons (Fsp3) is 0.123. The van der Waals surface area contributed by atoms with E-state index in [1.165, 1.54) is 109 Å². The van der Waals surface area contributed by atoms with Crippen LogP contribution in [0.3, 0.4) is 0 Å². The zero-order chi connectivity index (χ0) is 49.4. The maximum absolute atomic E-state index is 2.63. The molecule has 3 unspecified atom stereocenters. The molecule has 13 rings (SSSR count). The second-order valence-electron chi connectivity index (χ2n) is 20.6. The van der Waals surface area contributed by atoms with Crippen LogP contribution in [-0.4, -0.2) is 0 Å². The average molecular weight is 967 g/mol. The highest BCUT2D eigenvalue weighted by Crippen LogP contribution is 2.59. The predicted molar refractivity (Wildman–Crippen MR) is 315 cm³/mol. The van der Waals surface area contributed by atoms with Gasteiger partial charge in [-0.15, -0.1) is 11.3 Å². The van der Waals surface area contributed by atoms with Crippen molar-refractivity contribution in [2.45, 2.75) is 55.8 Å². The Morgan fingerprint density at radius 3 is 1.70 bits per heavy atom. The van der Waals surface area contributed by atoms with E-state index in [0.717, 1.165) is 25.7 Å². The third-order valence-corrected chi connectivity index (χ3v) is 17.6. The van der Waals surface area contributed by atoms with Crippen LogP contribution in [0.25, 0.3) is 53.2 Å². The summed E-state index contributed by atoms with van der Waals surface area (Å²) in [7, 11) is 0. The van der Waals surface area contributed by atoms with E-state index >= 15 is 0 Å². The van der Waals surface area contributed by atoms with Gasteiger partial charge in [0.15, 0.2) is 0 Å². The minimum atomic E-state index is -0.557. The highest BCUT2D eigenvalue weighted by molar-refractivity contribution is 7.25. The molecule has 12 aromatic rings. The molecule has 0 bridgehead atoms. The molecule has 1 aliphatic rings. The van der Waals surface area contributed by atoms with Crippen molar-refractivity contribution in [1.29, 1.82) is 0 Å². The Morgan fingerprint density at radius 2 is 0.973 bits per heavy atom. The monoisotopic (exact) mass is 966 g/mol. The van der Waals surface area contributed by atoms with Gasteiger partial charge in [0, 0.05) is 20.2 Å². The Hall–Kier alpha value is -8.10. The Kier molecular flexibility index (Phi) is 12.2. The van der Waals surface area contributed by atoms with Crippen LogP contribution in [0.4, 0.5) is 0 Å². The van der Waals surface area contributed by atoms with Crippen LogP contribution in [0.5, 0.6) is 0 Å². The Balaban J connectivity index is 0.978. The molecule has 356 valence electrons. The highest BCUT2D eigenvalue weighted by atomic mass is 32.1. The third-order valence-electron chi connectivity index (χ3n) is 16.5. The largest absolute Gasteiger partial charge is 0.135 e. The molecular weight excluding hydrogens is 909 g/mol. The van der Waals surface area contributed by atoms with Gasteiger partial charge in [-0.1, -0.05) is 256 Å². The summed E-state index contributed by atoms with van der Waals surface area (Å²) >= 11 is 1.90. The van der Waals surface area contributed by atoms with E-state index in [9.17, 15) is 0 Å². The van der Waals surface area contributed by atoms with Gasteiger partial charge in [0.05, 0.1) is 5.41 Å². The summed E-state index contributed by atoms with van der Waals surface area (Å²) < 4.78 is 2.69. The standard InChI is InChI=1S/C73H58S/c1-50(66(46-52-24-21-29-56(45-52)53-25-9-3-10-26-53)58-41-43-71-67(47-58)63-35-19-20-37-70(63)74-71)55-40-42-65-68(48-55)73(60-30-13-5-14-31-60,61-32-15-6-16-33-61)69-49-59(62-34-17-18-36-64(62)72(65)69)39-38-57(54-27-11-4-12-28-54)44-51-22-7-2-8-23-51/h2-37,40-43,45,47-50,57,66H,38-39,44,46H2,1H3. The molecule has 0 saturated heterocycles. The zero-order valence-electron chi connectivity index (χ0n) is 41.9. The van der Waals surface area contributed by atoms with Crippen molar-refractivity contribution in [3.8, 4) is 22.3 Å². The van der Waals surface area contributed by atoms with Crippen molar-refractivity contribution in [3.05, 3.63) is 323 Å². The summed E-state index contributed by atoms with van der Waals surface area (Å²) in [6, 6.07) is 101. The van der Waals surface area contributed by atoms with Crippen molar-refractivity contribution in [3.63, 3.8) is 0 Å². The number of hydrogen-bond acceptors (Lipinski definition) is 1. The van der Waals surface area contributed by atoms with Crippen molar-refractivity contribution < 1.29 is 0 Å². The van der Waals surface area contributed by atoms with Crippen LogP contribution in [-0.2, 0) is 24.7 Å². The molecule has 0 radical (unpaired) electrons. The number of hydrogen-bond donors (Lipinski definition) is 0. The average Bonchev–Trinajstić information content (AvgIpc) is 4.02. The van der Waals surface area contributed by atoms with Gasteiger partial charge in [-0.25, -0.2) is 0 Å². The summed E-state index contributed by atoms with van der Waals surface area (Å²) in [5.74, 6) is 0.769. The van der Waals surface area contributed by atoms with Crippen LogP contribution < -0.4 is 0 Å². The van der Waals surface area contributed by atoms with Gasteiger partial charge in [0.2, 0.25) is 0 Å². The van der Waals surface area contributed by atoms with Gasteiger partial charge in [-0.3, -0.25) is 0 Å². The quantitative estimate of drug-likeness (QED) is 0.102. The summed E-state index contributed by atoms with van der Waals surface area (Å²) in [5.41, 5.74) is 18.3. The van der Waals surface area contributed by atoms with Gasteiger partial charge in [-0.2, -0.15) is 0 Å². The summed E-state index contributed by atoms with van der Waals surface area (Å²) in [5, 5.41) is 5.39. The second kappa shape index (κ2) is 19.7. The molecule has 0 saturated carbocycles. The van der Waals surface area contributed by atoms with E-state index in [2.05, 4.69) is 274 Å². The van der Waals surface area contributed by atoms with Crippen LogP contribution in [0.1, 0.15) is 86.7 Å². The molecule has 1 aliphatic carbocycles. The lowest BCUT2D eigenvalue weighted by molar-refractivity contribution is 0.572. The number of thiophene rings is 1. The van der Waals surface area contributed by atoms with Crippen LogP contribution in [0, 0.1) is 0 Å². The fourth-order valence-electron chi connectivity index (χ4n) is 12.8. The third kappa shape index (κ3) is 8.26. The molecular formula is C73H58S. The Bertz CT molecular complexity index is 3870. The second-order valence-corrected chi connectivity index (χ2v) is 21.7. The molecule has 1 heteroatoms. The van der Waals surface area contributed by atoms with Crippen molar-refractivity contribution in [1.82, 2.24) is 0 Å². The molecule has 0 fully saturated rings. The maximum atomic E-state index is 2.63. The Labute approximate surface area is 440 Å². The lowest BCUT2D eigenvalue weighted by Crippen LogP contribution is -2.29. The molecule has 0 nitrogen and oxygen atoms in total. The van der Waals surface area contributed by atoms with Crippen LogP contribution >= 0.6 is 11.3 Å². The molecule has 0 N–H and O–H groups in total. The van der Waals surface area contributed by atoms with Gasteiger partial charge in [0.25, 0.3) is 0 Å². The van der Waals surface area contributed by atoms with Crippen LogP contribution in [0.2, 0.25) is 0 Å². The topological polar surface area (TPSA) is 0 Å². The maximum Gasteiger partial charge on any atom is 0.0713 e. The molecule has 3 atom stereocenters. The van der Waals surface area contributed by atoms with E-state index in [0.29, 0.717) is 5.92 Å². The molecule has 0 aliphatic heterocycles. The molecule has 74 heavy (non-hydrogen) atoms. The first-order chi connectivity index (χ1) is 36.6. The Morgan fingerprint density at radius 1 is 0.392 bits per heavy atom. The van der Waals surface area contributed by atoms with Gasteiger partial charge in [-0.05, 0) is 150 Å². The van der Waals surface area contributed by atoms with E-state index in [1.54, 1.807) is 0 Å². The molecule has 1 heterocycles. The summed E-state index contributed by atoms with van der Waals surface area (Å²) in [6.07, 6.45) is 3.94. The van der Waals surface area contributed by atoms with Crippen LogP contribution in [0.15, 0.2) is 267 Å². The number of aryl methyl sites for hydroxylation is 1. The lowest BCUT2D eigenvalue weighted by Gasteiger charge is -2.35. The summed E-state index contributed by atoms with van der Waals surface area (Å²) in [6.45, 7) is 2.49. The molecule has 1 aromatic heterocycles. The normalized spacial score (nSPS) is 13.9. The van der Waals surface area contributed by atoms with Crippen molar-refractivity contribution >= 4 is 42.3 Å². The molecule has 11 aromatic carbocycles. The molecule has 0 spiro atoms. The van der Waals surface area contributed by atoms with E-state index in [-0.39, 0.29) is 11.8 Å². The highest BCUT2D eigenvalue weighted by Gasteiger charge is 2.47. The lowest BCUT2D eigenvalue weighted by atomic mass is 9.66. The number of benzene rings is 11. The number of fused-ring (bicyclic) bond motifs is 8. The zero-order valence-corrected chi connectivity index (χ0v) is 42.7. The van der Waals surface area contributed by atoms with E-state index < -0.39 is 5.41 Å². The van der Waals surface area contributed by atoms with Gasteiger partial charge in [0.1, 0.15) is 0 Å². The van der Waals surface area contributed by atoms with Gasteiger partial charge < -0.3 is 0 Å². The fourth-order valence-corrected chi connectivity index (χ4v) is 13.9. The minimum absolute atomic E-state index is 0.183. The van der Waals surface area contributed by atoms with Crippen molar-refractivity contribution in [2.24, 2.45) is 0 Å². The SMILES string of the molecule is CC(c1ccc2c(c1)C(c1ccccc1)(c1ccccc1)c1cc(CCC(Cc3ccccc3)c3ccccc3)c3ccccc3c1-2)C(Cc1cccc(-c2ccccc2)c1)c1ccc2sc3ccccc3c2c1. The van der Waals surface area contributed by atoms with E-state index in [1.807, 2.05) is 11.3 Å². The van der Waals surface area contributed by atoms with E-state index in [4.69, 9.17) is 0 Å². The predicted octanol–water partition coefficient (Wildman–Crippen LogP) is 19.3. The number of rotatable bonds is 14.